The molecular formula is C18H22N4O2S. The van der Waals surface area contributed by atoms with Gasteiger partial charge in [-0.3, -0.25) is 4.79 Å². The summed E-state index contributed by atoms with van der Waals surface area (Å²) in [6.07, 6.45) is 4.06. The lowest BCUT2D eigenvalue weighted by Gasteiger charge is -2.14. The minimum absolute atomic E-state index is 0.00427. The van der Waals surface area contributed by atoms with Crippen LogP contribution in [0, 0.1) is 5.92 Å². The van der Waals surface area contributed by atoms with E-state index >= 15 is 0 Å². The van der Waals surface area contributed by atoms with Crippen molar-refractivity contribution < 1.29 is 9.90 Å². The molecule has 1 amide bonds. The van der Waals surface area contributed by atoms with Crippen LogP contribution in [0.4, 0.5) is 0 Å². The fourth-order valence-electron chi connectivity index (χ4n) is 2.70. The Labute approximate surface area is 150 Å². The van der Waals surface area contributed by atoms with E-state index in [1.807, 2.05) is 16.0 Å². The first-order valence-electron chi connectivity index (χ1n) is 8.31. The largest absolute Gasteiger partial charge is 0.396 e. The van der Waals surface area contributed by atoms with Gasteiger partial charge in [-0.2, -0.15) is 11.3 Å². The summed E-state index contributed by atoms with van der Waals surface area (Å²) in [7, 11) is 0. The Morgan fingerprint density at radius 1 is 1.40 bits per heavy atom. The summed E-state index contributed by atoms with van der Waals surface area (Å²) in [5.41, 5.74) is 3.14. The minimum atomic E-state index is -0.197. The number of aromatic nitrogens is 3. The van der Waals surface area contributed by atoms with Crippen molar-refractivity contribution in [3.63, 3.8) is 0 Å². The number of pyridine rings is 1. The van der Waals surface area contributed by atoms with Gasteiger partial charge in [-0.05, 0) is 48.7 Å². The molecule has 0 fully saturated rings. The quantitative estimate of drug-likeness (QED) is 0.680. The zero-order chi connectivity index (χ0) is 17.8. The summed E-state index contributed by atoms with van der Waals surface area (Å²) in [5.74, 6) is -0.201. The molecule has 0 bridgehead atoms. The predicted molar refractivity (Wildman–Crippen MR) is 98.8 cm³/mol. The second kappa shape index (κ2) is 7.76. The molecule has 132 valence electrons. The smallest absolute Gasteiger partial charge is 0.252 e. The molecule has 0 aliphatic carbocycles. The summed E-state index contributed by atoms with van der Waals surface area (Å²) < 4.78 is 1.97. The van der Waals surface area contributed by atoms with Crippen LogP contribution in [-0.4, -0.2) is 38.7 Å². The van der Waals surface area contributed by atoms with Crippen molar-refractivity contribution in [2.45, 2.75) is 26.3 Å². The zero-order valence-corrected chi connectivity index (χ0v) is 15.2. The average Bonchev–Trinajstić information content (AvgIpc) is 3.26. The second-order valence-corrected chi connectivity index (χ2v) is 7.19. The number of carbonyl (C=O) groups is 1. The van der Waals surface area contributed by atoms with Crippen LogP contribution >= 0.6 is 11.3 Å². The van der Waals surface area contributed by atoms with Gasteiger partial charge >= 0.3 is 0 Å². The molecule has 0 aromatic carbocycles. The number of rotatable bonds is 7. The van der Waals surface area contributed by atoms with E-state index in [2.05, 4.69) is 34.5 Å². The maximum absolute atomic E-state index is 12.4. The fourth-order valence-corrected chi connectivity index (χ4v) is 3.39. The van der Waals surface area contributed by atoms with Crippen LogP contribution in [0.5, 0.6) is 0 Å². The van der Waals surface area contributed by atoms with Crippen LogP contribution < -0.4 is 5.32 Å². The molecule has 3 rings (SSSR count). The normalized spacial score (nSPS) is 12.6. The average molecular weight is 358 g/mol. The third-order valence-corrected chi connectivity index (χ3v) is 4.88. The summed E-state index contributed by atoms with van der Waals surface area (Å²) >= 11 is 1.63. The Kier molecular flexibility index (Phi) is 5.45. The first kappa shape index (κ1) is 17.6. The first-order chi connectivity index (χ1) is 12.1. The molecule has 25 heavy (non-hydrogen) atoms. The predicted octanol–water partition coefficient (Wildman–Crippen LogP) is 2.65. The standard InChI is InChI=1S/C18H22N4O2S/c1-12(2)22-11-21-16-6-15(8-19-17(16)22)18(24)20-7-14(9-23)5-13-3-4-25-10-13/h3-4,6,8,10-12,14,23H,5,7,9H2,1-2H3,(H,20,24). The zero-order valence-electron chi connectivity index (χ0n) is 14.3. The molecule has 3 aromatic rings. The van der Waals surface area contributed by atoms with Crippen molar-refractivity contribution in [3.05, 3.63) is 46.5 Å². The third-order valence-electron chi connectivity index (χ3n) is 4.15. The number of carbonyl (C=O) groups excluding carboxylic acids is 1. The number of amides is 1. The maximum atomic E-state index is 12.4. The maximum Gasteiger partial charge on any atom is 0.252 e. The minimum Gasteiger partial charge on any atom is -0.396 e. The van der Waals surface area contributed by atoms with Gasteiger partial charge in [0.25, 0.3) is 5.91 Å². The molecule has 1 atom stereocenters. The van der Waals surface area contributed by atoms with Gasteiger partial charge in [0.05, 0.1) is 11.9 Å². The Morgan fingerprint density at radius 3 is 2.92 bits per heavy atom. The number of aliphatic hydroxyl groups is 1. The van der Waals surface area contributed by atoms with Gasteiger partial charge in [-0.15, -0.1) is 0 Å². The fraction of sp³-hybridized carbons (Fsp3) is 0.389. The first-order valence-corrected chi connectivity index (χ1v) is 9.25. The van der Waals surface area contributed by atoms with E-state index in [4.69, 9.17) is 0 Å². The van der Waals surface area contributed by atoms with Gasteiger partial charge in [0.1, 0.15) is 5.52 Å². The molecule has 0 aliphatic heterocycles. The molecular weight excluding hydrogens is 336 g/mol. The monoisotopic (exact) mass is 358 g/mol. The number of aliphatic hydroxyl groups excluding tert-OH is 1. The van der Waals surface area contributed by atoms with Crippen molar-refractivity contribution in [1.82, 2.24) is 19.9 Å². The third kappa shape index (κ3) is 4.05. The molecule has 3 heterocycles. The van der Waals surface area contributed by atoms with E-state index in [1.165, 1.54) is 5.56 Å². The molecule has 0 saturated heterocycles. The molecule has 0 aliphatic rings. The summed E-state index contributed by atoms with van der Waals surface area (Å²) in [4.78, 5) is 21.1. The van der Waals surface area contributed by atoms with E-state index in [9.17, 15) is 9.90 Å². The van der Waals surface area contributed by atoms with Gasteiger partial charge in [-0.25, -0.2) is 9.97 Å². The molecule has 1 unspecified atom stereocenters. The summed E-state index contributed by atoms with van der Waals surface area (Å²) in [6.45, 7) is 4.58. The molecule has 0 spiro atoms. The van der Waals surface area contributed by atoms with Gasteiger partial charge < -0.3 is 15.0 Å². The van der Waals surface area contributed by atoms with Gasteiger partial charge in [0.15, 0.2) is 5.65 Å². The lowest BCUT2D eigenvalue weighted by molar-refractivity contribution is 0.0939. The Hall–Kier alpha value is -2.25. The Morgan fingerprint density at radius 2 is 2.24 bits per heavy atom. The second-order valence-electron chi connectivity index (χ2n) is 6.41. The number of nitrogens with zero attached hydrogens (tertiary/aromatic N) is 3. The Bertz CT molecular complexity index is 842. The summed E-state index contributed by atoms with van der Waals surface area (Å²) in [5, 5.41) is 16.5. The van der Waals surface area contributed by atoms with Gasteiger partial charge in [0.2, 0.25) is 0 Å². The van der Waals surface area contributed by atoms with E-state index < -0.39 is 0 Å². The number of hydrogen-bond acceptors (Lipinski definition) is 5. The van der Waals surface area contributed by atoms with Crippen LogP contribution in [0.1, 0.15) is 35.8 Å². The number of thiophene rings is 1. The highest BCUT2D eigenvalue weighted by molar-refractivity contribution is 7.07. The van der Waals surface area contributed by atoms with E-state index in [-0.39, 0.29) is 24.5 Å². The van der Waals surface area contributed by atoms with E-state index in [0.29, 0.717) is 17.6 Å². The lowest BCUT2D eigenvalue weighted by Crippen LogP contribution is -2.31. The number of hydrogen-bond donors (Lipinski definition) is 2. The highest BCUT2D eigenvalue weighted by Gasteiger charge is 2.14. The van der Waals surface area contributed by atoms with Crippen LogP contribution in [-0.2, 0) is 6.42 Å². The highest BCUT2D eigenvalue weighted by atomic mass is 32.1. The van der Waals surface area contributed by atoms with E-state index in [1.54, 1.807) is 29.9 Å². The van der Waals surface area contributed by atoms with Crippen molar-refractivity contribution in [1.29, 1.82) is 0 Å². The number of nitrogens with one attached hydrogen (secondary N) is 1. The van der Waals surface area contributed by atoms with Gasteiger partial charge in [-0.1, -0.05) is 0 Å². The SMILES string of the molecule is CC(C)n1cnc2cc(C(=O)NCC(CO)Cc3ccsc3)cnc21. The van der Waals surface area contributed by atoms with Crippen molar-refractivity contribution in [3.8, 4) is 0 Å². The number of imidazole rings is 1. The topological polar surface area (TPSA) is 80.0 Å². The molecule has 7 heteroatoms. The highest BCUT2D eigenvalue weighted by Crippen LogP contribution is 2.16. The van der Waals surface area contributed by atoms with Crippen LogP contribution in [0.15, 0.2) is 35.4 Å². The van der Waals surface area contributed by atoms with Crippen LogP contribution in [0.3, 0.4) is 0 Å². The molecule has 6 nitrogen and oxygen atoms in total. The molecule has 0 radical (unpaired) electrons. The van der Waals surface area contributed by atoms with E-state index in [0.717, 1.165) is 12.1 Å². The Balaban J connectivity index is 1.65. The molecule has 0 saturated carbocycles. The number of fused-ring (bicyclic) bond motifs is 1. The molecule has 3 aromatic heterocycles. The van der Waals surface area contributed by atoms with Gasteiger partial charge in [0, 0.05) is 31.3 Å². The van der Waals surface area contributed by atoms with Crippen molar-refractivity contribution >= 4 is 28.4 Å². The van der Waals surface area contributed by atoms with Crippen molar-refractivity contribution in [2.75, 3.05) is 13.2 Å². The van der Waals surface area contributed by atoms with Crippen LogP contribution in [0.25, 0.3) is 11.2 Å². The summed E-state index contributed by atoms with van der Waals surface area (Å²) in [6, 6.07) is 4.06. The van der Waals surface area contributed by atoms with Crippen molar-refractivity contribution in [2.24, 2.45) is 5.92 Å². The molecule has 2 N–H and O–H groups in total. The van der Waals surface area contributed by atoms with Crippen LogP contribution in [0.2, 0.25) is 0 Å². The lowest BCUT2D eigenvalue weighted by atomic mass is 10.0.